The number of carboxylic acid groups (broad SMARTS) is 2. The summed E-state index contributed by atoms with van der Waals surface area (Å²) in [5.74, 6) is -6.37. The van der Waals surface area contributed by atoms with Gasteiger partial charge in [-0.15, -0.1) is 0 Å². The van der Waals surface area contributed by atoms with Gasteiger partial charge in [-0.2, -0.15) is 0 Å². The predicted octanol–water partition coefficient (Wildman–Crippen LogP) is -2.73. The number of hydrogen-bond acceptors (Lipinski definition) is 7. The van der Waals surface area contributed by atoms with Crippen LogP contribution < -0.4 is 27.4 Å². The van der Waals surface area contributed by atoms with Crippen LogP contribution in [0.3, 0.4) is 0 Å². The largest absolute Gasteiger partial charge is 0.481 e. The summed E-state index contributed by atoms with van der Waals surface area (Å²) in [6, 6.07) is -5.05. The molecule has 4 unspecified atom stereocenters. The number of amides is 4. The van der Waals surface area contributed by atoms with Crippen LogP contribution in [-0.2, 0) is 28.8 Å². The summed E-state index contributed by atoms with van der Waals surface area (Å²) in [7, 11) is 0. The minimum atomic E-state index is -1.65. The highest BCUT2D eigenvalue weighted by molar-refractivity contribution is 5.94. The maximum atomic E-state index is 12.4. The first-order chi connectivity index (χ1) is 13.8. The Morgan fingerprint density at radius 3 is 1.80 bits per heavy atom. The number of hydrogen-bond donors (Lipinski definition) is 7. The number of nitrogens with one attached hydrogen (secondary N) is 3. The first-order valence-corrected chi connectivity index (χ1v) is 9.15. The molecule has 0 spiro atoms. The number of carbonyl (C=O) groups excluding carboxylic acids is 4. The molecule has 0 aliphatic heterocycles. The lowest BCUT2D eigenvalue weighted by molar-refractivity contribution is -0.144. The number of carbonyl (C=O) groups is 6. The molecule has 13 nitrogen and oxygen atoms in total. The maximum absolute atomic E-state index is 12.4. The molecule has 9 N–H and O–H groups in total. The van der Waals surface area contributed by atoms with Crippen LogP contribution in [0.1, 0.15) is 40.0 Å². The van der Waals surface area contributed by atoms with Crippen molar-refractivity contribution in [3.63, 3.8) is 0 Å². The van der Waals surface area contributed by atoms with Crippen molar-refractivity contribution in [1.82, 2.24) is 16.0 Å². The minimum absolute atomic E-state index is 0.187. The molecule has 0 saturated heterocycles. The van der Waals surface area contributed by atoms with Gasteiger partial charge in [0, 0.05) is 6.42 Å². The second kappa shape index (κ2) is 12.4. The predicted molar refractivity (Wildman–Crippen MR) is 103 cm³/mol. The molecule has 0 aromatic carbocycles. The fourth-order valence-electron chi connectivity index (χ4n) is 2.18. The molecule has 0 saturated carbocycles. The molecule has 30 heavy (non-hydrogen) atoms. The summed E-state index contributed by atoms with van der Waals surface area (Å²) in [5.41, 5.74) is 10.6. The molecule has 170 valence electrons. The van der Waals surface area contributed by atoms with Gasteiger partial charge in [-0.25, -0.2) is 4.79 Å². The van der Waals surface area contributed by atoms with Crippen LogP contribution in [0.15, 0.2) is 0 Å². The summed E-state index contributed by atoms with van der Waals surface area (Å²) >= 11 is 0. The average molecular weight is 431 g/mol. The van der Waals surface area contributed by atoms with Crippen LogP contribution in [0, 0.1) is 5.92 Å². The van der Waals surface area contributed by atoms with Crippen molar-refractivity contribution in [1.29, 1.82) is 0 Å². The van der Waals surface area contributed by atoms with E-state index in [1.807, 2.05) is 5.32 Å². The molecule has 0 aliphatic carbocycles. The Balaban J connectivity index is 5.22. The van der Waals surface area contributed by atoms with Crippen molar-refractivity contribution in [2.24, 2.45) is 17.4 Å². The minimum Gasteiger partial charge on any atom is -0.481 e. The first kappa shape index (κ1) is 26.8. The van der Waals surface area contributed by atoms with E-state index in [1.165, 1.54) is 6.92 Å². The van der Waals surface area contributed by atoms with Gasteiger partial charge in [-0.3, -0.25) is 24.0 Å². The van der Waals surface area contributed by atoms with Gasteiger partial charge in [0.2, 0.25) is 23.6 Å². The lowest BCUT2D eigenvalue weighted by atomic mass is 10.0. The molecule has 0 heterocycles. The van der Waals surface area contributed by atoms with Crippen molar-refractivity contribution < 1.29 is 39.0 Å². The number of carboxylic acids is 2. The lowest BCUT2D eigenvalue weighted by Gasteiger charge is -2.23. The zero-order chi connectivity index (χ0) is 23.6. The van der Waals surface area contributed by atoms with Crippen molar-refractivity contribution >= 4 is 35.6 Å². The van der Waals surface area contributed by atoms with Gasteiger partial charge >= 0.3 is 11.9 Å². The maximum Gasteiger partial charge on any atom is 0.326 e. The van der Waals surface area contributed by atoms with Crippen LogP contribution >= 0.6 is 0 Å². The number of primary amides is 1. The molecule has 0 radical (unpaired) electrons. The van der Waals surface area contributed by atoms with Crippen molar-refractivity contribution in [2.45, 2.75) is 64.2 Å². The van der Waals surface area contributed by atoms with E-state index in [4.69, 9.17) is 21.7 Å². The van der Waals surface area contributed by atoms with E-state index in [9.17, 15) is 28.8 Å². The number of aliphatic carboxylic acids is 2. The zero-order valence-corrected chi connectivity index (χ0v) is 17.0. The normalized spacial score (nSPS) is 14.7. The molecule has 0 bridgehead atoms. The third kappa shape index (κ3) is 9.82. The monoisotopic (exact) mass is 431 g/mol. The molecule has 0 rings (SSSR count). The fourth-order valence-corrected chi connectivity index (χ4v) is 2.18. The standard InChI is InChI=1S/C17H29N5O8/c1-7(2)13(19)16(28)20-8(3)14(26)21-9(4-5-12(24)25)15(27)22-10(17(29)30)6-11(18)23/h7-10,13H,4-6,19H2,1-3H3,(H2,18,23)(H,20,28)(H,21,26)(H,22,27)(H,24,25)(H,29,30). The van der Waals surface area contributed by atoms with E-state index in [0.29, 0.717) is 0 Å². The third-order valence-electron chi connectivity index (χ3n) is 4.07. The summed E-state index contributed by atoms with van der Waals surface area (Å²) < 4.78 is 0. The van der Waals surface area contributed by atoms with Crippen LogP contribution in [-0.4, -0.2) is 69.9 Å². The molecule has 0 aromatic rings. The quantitative estimate of drug-likeness (QED) is 0.160. The van der Waals surface area contributed by atoms with Crippen LogP contribution in [0.25, 0.3) is 0 Å². The molecule has 0 aliphatic rings. The summed E-state index contributed by atoms with van der Waals surface area (Å²) in [6.45, 7) is 4.76. The summed E-state index contributed by atoms with van der Waals surface area (Å²) in [4.78, 5) is 69.7. The third-order valence-corrected chi connectivity index (χ3v) is 4.07. The van der Waals surface area contributed by atoms with Crippen LogP contribution in [0.5, 0.6) is 0 Å². The van der Waals surface area contributed by atoms with Crippen molar-refractivity contribution in [3.8, 4) is 0 Å². The van der Waals surface area contributed by atoms with Gasteiger partial charge in [0.05, 0.1) is 12.5 Å². The van der Waals surface area contributed by atoms with Gasteiger partial charge in [-0.1, -0.05) is 13.8 Å². The Bertz CT molecular complexity index is 681. The number of rotatable bonds is 13. The van der Waals surface area contributed by atoms with E-state index < -0.39 is 72.6 Å². The number of nitrogens with two attached hydrogens (primary N) is 2. The van der Waals surface area contributed by atoms with E-state index in [1.54, 1.807) is 13.8 Å². The first-order valence-electron chi connectivity index (χ1n) is 9.15. The van der Waals surface area contributed by atoms with Crippen LogP contribution in [0.2, 0.25) is 0 Å². The lowest BCUT2D eigenvalue weighted by Crippen LogP contribution is -2.57. The van der Waals surface area contributed by atoms with E-state index in [2.05, 4.69) is 10.6 Å². The highest BCUT2D eigenvalue weighted by Gasteiger charge is 2.30. The Kier molecular flexibility index (Phi) is 11.0. The smallest absolute Gasteiger partial charge is 0.326 e. The Morgan fingerprint density at radius 2 is 1.37 bits per heavy atom. The molecular formula is C17H29N5O8. The molecule has 4 atom stereocenters. The topological polar surface area (TPSA) is 231 Å². The van der Waals surface area contributed by atoms with E-state index in [-0.39, 0.29) is 12.3 Å². The van der Waals surface area contributed by atoms with Gasteiger partial charge in [0.25, 0.3) is 0 Å². The van der Waals surface area contributed by atoms with Gasteiger partial charge < -0.3 is 37.6 Å². The average Bonchev–Trinajstić information content (AvgIpc) is 2.62. The molecule has 0 aromatic heterocycles. The highest BCUT2D eigenvalue weighted by Crippen LogP contribution is 2.03. The molecule has 0 fully saturated rings. The van der Waals surface area contributed by atoms with E-state index in [0.717, 1.165) is 0 Å². The Morgan fingerprint density at radius 1 is 0.833 bits per heavy atom. The van der Waals surface area contributed by atoms with Crippen molar-refractivity contribution in [2.75, 3.05) is 0 Å². The Hall–Kier alpha value is -3.22. The SMILES string of the molecule is CC(NC(=O)C(N)C(C)C)C(=O)NC(CCC(=O)O)C(=O)NC(CC(N)=O)C(=O)O. The summed E-state index contributed by atoms with van der Waals surface area (Å²) in [6.07, 6.45) is -1.56. The molecule has 13 heteroatoms. The van der Waals surface area contributed by atoms with Gasteiger partial charge in [0.1, 0.15) is 18.1 Å². The summed E-state index contributed by atoms with van der Waals surface area (Å²) in [5, 5.41) is 24.6. The van der Waals surface area contributed by atoms with E-state index >= 15 is 0 Å². The van der Waals surface area contributed by atoms with Gasteiger partial charge in [-0.05, 0) is 19.3 Å². The molecule has 4 amide bonds. The van der Waals surface area contributed by atoms with Crippen LogP contribution in [0.4, 0.5) is 0 Å². The van der Waals surface area contributed by atoms with Crippen molar-refractivity contribution in [3.05, 3.63) is 0 Å². The fraction of sp³-hybridized carbons (Fsp3) is 0.647. The Labute approximate surface area is 172 Å². The van der Waals surface area contributed by atoms with Gasteiger partial charge in [0.15, 0.2) is 0 Å². The second-order valence-corrected chi connectivity index (χ2v) is 7.06. The zero-order valence-electron chi connectivity index (χ0n) is 17.0. The second-order valence-electron chi connectivity index (χ2n) is 7.06. The highest BCUT2D eigenvalue weighted by atomic mass is 16.4. The molecular weight excluding hydrogens is 402 g/mol.